The zero-order valence-corrected chi connectivity index (χ0v) is 18.0. The van der Waals surface area contributed by atoms with E-state index in [9.17, 15) is 14.4 Å². The second-order valence-electron chi connectivity index (χ2n) is 7.10. The Morgan fingerprint density at radius 1 is 1.03 bits per heavy atom. The third-order valence-electron chi connectivity index (χ3n) is 4.89. The first-order chi connectivity index (χ1) is 15.5. The summed E-state index contributed by atoms with van der Waals surface area (Å²) in [5.41, 5.74) is 5.18. The van der Waals surface area contributed by atoms with Gasteiger partial charge in [0.15, 0.2) is 0 Å². The van der Waals surface area contributed by atoms with Gasteiger partial charge in [-0.05, 0) is 53.5 Å². The number of carbonyl (C=O) groups is 1. The van der Waals surface area contributed by atoms with Gasteiger partial charge in [-0.3, -0.25) is 20.4 Å². The summed E-state index contributed by atoms with van der Waals surface area (Å²) < 4.78 is 14.0. The summed E-state index contributed by atoms with van der Waals surface area (Å²) in [7, 11) is 0. The monoisotopic (exact) mass is 448 g/mol. The smallest absolute Gasteiger partial charge is 0.253 e. The van der Waals surface area contributed by atoms with E-state index in [0.717, 1.165) is 37.9 Å². The van der Waals surface area contributed by atoms with Crippen LogP contribution < -0.4 is 10.7 Å². The highest BCUT2D eigenvalue weighted by atomic mass is 32.2. The normalized spacial score (nSPS) is 12.0. The predicted octanol–water partition coefficient (Wildman–Crippen LogP) is 5.59. The summed E-state index contributed by atoms with van der Waals surface area (Å²) in [6, 6.07) is 22.0. The number of pyridine rings is 1. The van der Waals surface area contributed by atoms with Crippen LogP contribution in [0.15, 0.2) is 90.0 Å². The van der Waals surface area contributed by atoms with E-state index < -0.39 is 0 Å². The Bertz CT molecular complexity index is 1230. The summed E-state index contributed by atoms with van der Waals surface area (Å²) in [6.07, 6.45) is 1.70. The molecule has 1 aromatic heterocycles. The molecule has 0 fully saturated rings. The van der Waals surface area contributed by atoms with Crippen LogP contribution in [-0.4, -0.2) is 20.7 Å². The number of hydrogen-bond acceptors (Lipinski definition) is 6. The molecule has 0 aliphatic rings. The number of nitrogens with one attached hydrogen (secondary N) is 2. The minimum atomic E-state index is -0.330. The van der Waals surface area contributed by atoms with E-state index >= 15 is 0 Å². The number of benzene rings is 3. The van der Waals surface area contributed by atoms with Gasteiger partial charge < -0.3 is 5.32 Å². The van der Waals surface area contributed by atoms with Crippen LogP contribution in [-0.2, 0) is 0 Å². The van der Waals surface area contributed by atoms with Crippen molar-refractivity contribution >= 4 is 34.4 Å². The third-order valence-corrected chi connectivity index (χ3v) is 5.68. The first-order valence-corrected chi connectivity index (χ1v) is 10.7. The van der Waals surface area contributed by atoms with Gasteiger partial charge in [-0.2, -0.15) is 0 Å². The van der Waals surface area contributed by atoms with Gasteiger partial charge in [0.1, 0.15) is 5.82 Å². The fraction of sp³-hybridized carbons (Fsp3) is 0.0833. The topological polar surface area (TPSA) is 77.5 Å². The molecule has 0 aliphatic heterocycles. The molecule has 162 valence electrons. The van der Waals surface area contributed by atoms with Crippen LogP contribution in [0.2, 0.25) is 0 Å². The molecule has 0 radical (unpaired) electrons. The van der Waals surface area contributed by atoms with Gasteiger partial charge in [0.05, 0.1) is 27.7 Å². The number of para-hydroxylation sites is 2. The Labute approximate surface area is 189 Å². The van der Waals surface area contributed by atoms with Crippen molar-refractivity contribution in [1.29, 1.82) is 0 Å². The van der Waals surface area contributed by atoms with Crippen LogP contribution in [0, 0.1) is 5.82 Å². The largest absolute Gasteiger partial charge is 0.345 e. The van der Waals surface area contributed by atoms with Gasteiger partial charge in [-0.1, -0.05) is 42.5 Å². The summed E-state index contributed by atoms with van der Waals surface area (Å²) in [6.45, 7) is 1.82. The number of aromatic nitrogens is 1. The third kappa shape index (κ3) is 5.05. The van der Waals surface area contributed by atoms with E-state index in [2.05, 4.69) is 15.7 Å². The molecular formula is C24H21FN4O2S. The van der Waals surface area contributed by atoms with Crippen LogP contribution in [0.4, 0.5) is 10.1 Å². The van der Waals surface area contributed by atoms with Crippen molar-refractivity contribution in [2.24, 2.45) is 0 Å². The van der Waals surface area contributed by atoms with Crippen molar-refractivity contribution in [3.05, 3.63) is 102 Å². The highest BCUT2D eigenvalue weighted by molar-refractivity contribution is 7.97. The number of nitrogens with zero attached hydrogens (tertiary/aromatic N) is 2. The Hall–Kier alpha value is -3.46. The first kappa shape index (κ1) is 21.8. The van der Waals surface area contributed by atoms with Crippen molar-refractivity contribution in [2.75, 3.05) is 5.43 Å². The summed E-state index contributed by atoms with van der Waals surface area (Å²) in [5, 5.41) is 14.4. The number of fused-ring (bicyclic) bond motifs is 1. The molecule has 1 amide bonds. The minimum absolute atomic E-state index is 0.322. The van der Waals surface area contributed by atoms with Crippen LogP contribution in [0.1, 0.15) is 28.9 Å². The highest BCUT2D eigenvalue weighted by Gasteiger charge is 2.17. The number of halogens is 1. The molecule has 0 saturated carbocycles. The first-order valence-electron chi connectivity index (χ1n) is 9.94. The van der Waals surface area contributed by atoms with Gasteiger partial charge >= 0.3 is 0 Å². The van der Waals surface area contributed by atoms with Gasteiger partial charge in [0, 0.05) is 23.5 Å². The Balaban J connectivity index is 1.48. The van der Waals surface area contributed by atoms with Crippen LogP contribution in [0.25, 0.3) is 10.9 Å². The van der Waals surface area contributed by atoms with E-state index in [-0.39, 0.29) is 17.8 Å². The van der Waals surface area contributed by atoms with Gasteiger partial charge in [0.2, 0.25) is 0 Å². The van der Waals surface area contributed by atoms with Crippen molar-refractivity contribution in [2.45, 2.75) is 17.9 Å². The van der Waals surface area contributed by atoms with Crippen molar-refractivity contribution in [3.8, 4) is 0 Å². The van der Waals surface area contributed by atoms with Crippen molar-refractivity contribution in [1.82, 2.24) is 14.9 Å². The number of amides is 1. The molecule has 6 nitrogen and oxygen atoms in total. The summed E-state index contributed by atoms with van der Waals surface area (Å²) in [4.78, 5) is 18.0. The number of rotatable bonds is 7. The Morgan fingerprint density at radius 3 is 2.59 bits per heavy atom. The maximum atomic E-state index is 13.2. The standard InChI is InChI=1S/C24H21FN4O2S/c1-16(17-11-13-19(25)14-12-17)27-24(30)20-8-2-3-9-21(20)28-29(31)32-22-10-4-6-18-7-5-15-26-23(18)22/h2-16,28,31H,1H3,(H,27,30). The molecule has 0 aliphatic carbocycles. The molecule has 32 heavy (non-hydrogen) atoms. The molecule has 1 atom stereocenters. The van der Waals surface area contributed by atoms with Crippen LogP contribution in [0.3, 0.4) is 0 Å². The van der Waals surface area contributed by atoms with Crippen molar-refractivity contribution in [3.63, 3.8) is 0 Å². The summed E-state index contributed by atoms with van der Waals surface area (Å²) >= 11 is 1.05. The molecular weight excluding hydrogens is 427 g/mol. The molecule has 4 aromatic rings. The fourth-order valence-electron chi connectivity index (χ4n) is 3.26. The molecule has 1 heterocycles. The quantitative estimate of drug-likeness (QED) is 0.253. The lowest BCUT2D eigenvalue weighted by Crippen LogP contribution is -2.28. The molecule has 0 saturated heterocycles. The average molecular weight is 449 g/mol. The zero-order valence-electron chi connectivity index (χ0n) is 17.2. The molecule has 8 heteroatoms. The SMILES string of the molecule is CC(NC(=O)c1ccccc1NN(O)Sc1cccc2cccnc12)c1ccc(F)cc1. The molecule has 3 aromatic carbocycles. The predicted molar refractivity (Wildman–Crippen MR) is 124 cm³/mol. The second kappa shape index (κ2) is 9.78. The van der Waals surface area contributed by atoms with Gasteiger partial charge in [-0.15, -0.1) is 0 Å². The zero-order chi connectivity index (χ0) is 22.5. The Morgan fingerprint density at radius 2 is 1.78 bits per heavy atom. The van der Waals surface area contributed by atoms with E-state index in [1.165, 1.54) is 12.1 Å². The summed E-state index contributed by atoms with van der Waals surface area (Å²) in [5.74, 6) is -0.654. The van der Waals surface area contributed by atoms with Crippen LogP contribution >= 0.6 is 11.9 Å². The molecule has 0 spiro atoms. The fourth-order valence-corrected chi connectivity index (χ4v) is 3.98. The number of carbonyl (C=O) groups excluding carboxylic acids is 1. The maximum Gasteiger partial charge on any atom is 0.253 e. The minimum Gasteiger partial charge on any atom is -0.345 e. The van der Waals surface area contributed by atoms with E-state index in [0.29, 0.717) is 11.3 Å². The molecule has 4 rings (SSSR count). The van der Waals surface area contributed by atoms with Gasteiger partial charge in [0.25, 0.3) is 5.91 Å². The highest BCUT2D eigenvalue weighted by Crippen LogP contribution is 2.29. The lowest BCUT2D eigenvalue weighted by atomic mass is 10.1. The lowest BCUT2D eigenvalue weighted by molar-refractivity contribution is 0.0437. The number of anilines is 1. The average Bonchev–Trinajstić information content (AvgIpc) is 2.80. The van der Waals surface area contributed by atoms with Crippen molar-refractivity contribution < 1.29 is 14.4 Å². The lowest BCUT2D eigenvalue weighted by Gasteiger charge is -2.20. The molecule has 3 N–H and O–H groups in total. The number of hydrogen-bond donors (Lipinski definition) is 3. The van der Waals surface area contributed by atoms with E-state index in [4.69, 9.17) is 0 Å². The van der Waals surface area contributed by atoms with E-state index in [1.54, 1.807) is 42.6 Å². The Kier molecular flexibility index (Phi) is 6.65. The molecule has 0 bridgehead atoms. The van der Waals surface area contributed by atoms with E-state index in [1.807, 2.05) is 37.3 Å². The van der Waals surface area contributed by atoms with Crippen LogP contribution in [0.5, 0.6) is 0 Å². The maximum absolute atomic E-state index is 13.2. The second-order valence-corrected chi connectivity index (χ2v) is 8.07. The molecule has 1 unspecified atom stereocenters. The van der Waals surface area contributed by atoms with Gasteiger partial charge in [-0.25, -0.2) is 4.39 Å². The number of hydrazine groups is 1.